The lowest BCUT2D eigenvalue weighted by atomic mass is 10.2. The van der Waals surface area contributed by atoms with E-state index in [1.165, 1.54) is 17.4 Å². The van der Waals surface area contributed by atoms with Crippen molar-refractivity contribution < 1.29 is 13.2 Å². The molecule has 22 heavy (non-hydrogen) atoms. The summed E-state index contributed by atoms with van der Waals surface area (Å²) in [6, 6.07) is 13.9. The molecule has 5 heteroatoms. The van der Waals surface area contributed by atoms with Crippen molar-refractivity contribution in [1.29, 1.82) is 0 Å². The number of halogens is 3. The Labute approximate surface area is 129 Å². The minimum Gasteiger partial charge on any atom is -0.240 e. The summed E-state index contributed by atoms with van der Waals surface area (Å²) < 4.78 is 39.4. The number of rotatable bonds is 3. The van der Waals surface area contributed by atoms with Gasteiger partial charge in [-0.15, -0.1) is 11.3 Å². The first-order valence-corrected chi connectivity index (χ1v) is 7.53. The summed E-state index contributed by atoms with van der Waals surface area (Å²) in [5.41, 5.74) is 0.433. The summed E-state index contributed by atoms with van der Waals surface area (Å²) in [7, 11) is 0. The van der Waals surface area contributed by atoms with Crippen LogP contribution in [0.1, 0.15) is 16.1 Å². The second-order valence-corrected chi connectivity index (χ2v) is 5.89. The van der Waals surface area contributed by atoms with Gasteiger partial charge in [-0.2, -0.15) is 13.2 Å². The van der Waals surface area contributed by atoms with Gasteiger partial charge in [0, 0.05) is 6.42 Å². The SMILES string of the molecule is FC(F)(F)c1cccc2sc(C/C=C/c3ccccc3)nc12. The molecule has 0 radical (unpaired) electrons. The molecule has 0 saturated carbocycles. The van der Waals surface area contributed by atoms with E-state index in [0.29, 0.717) is 16.1 Å². The van der Waals surface area contributed by atoms with Gasteiger partial charge in [0.15, 0.2) is 0 Å². The molecule has 0 bridgehead atoms. The van der Waals surface area contributed by atoms with E-state index in [1.807, 2.05) is 42.5 Å². The maximum absolute atomic E-state index is 13.0. The molecular weight excluding hydrogens is 307 g/mol. The van der Waals surface area contributed by atoms with Crippen molar-refractivity contribution in [1.82, 2.24) is 4.98 Å². The number of benzene rings is 2. The van der Waals surface area contributed by atoms with Gasteiger partial charge < -0.3 is 0 Å². The molecule has 2 aromatic carbocycles. The monoisotopic (exact) mass is 319 g/mol. The summed E-state index contributed by atoms with van der Waals surface area (Å²) in [4.78, 5) is 4.16. The van der Waals surface area contributed by atoms with Gasteiger partial charge in [0.1, 0.15) is 0 Å². The van der Waals surface area contributed by atoms with Crippen molar-refractivity contribution >= 4 is 27.6 Å². The Morgan fingerprint density at radius 3 is 2.50 bits per heavy atom. The molecule has 3 rings (SSSR count). The number of nitrogens with zero attached hydrogens (tertiary/aromatic N) is 1. The lowest BCUT2D eigenvalue weighted by Gasteiger charge is -2.05. The second-order valence-electron chi connectivity index (χ2n) is 4.77. The summed E-state index contributed by atoms with van der Waals surface area (Å²) in [5.74, 6) is 0. The molecule has 0 atom stereocenters. The maximum Gasteiger partial charge on any atom is 0.418 e. The lowest BCUT2D eigenvalue weighted by molar-refractivity contribution is -0.136. The average molecular weight is 319 g/mol. The van der Waals surface area contributed by atoms with Crippen LogP contribution in [0.4, 0.5) is 13.2 Å². The van der Waals surface area contributed by atoms with E-state index < -0.39 is 11.7 Å². The van der Waals surface area contributed by atoms with Gasteiger partial charge in [0.25, 0.3) is 0 Å². The Morgan fingerprint density at radius 1 is 1.00 bits per heavy atom. The van der Waals surface area contributed by atoms with Gasteiger partial charge in [-0.25, -0.2) is 4.98 Å². The third-order valence-electron chi connectivity index (χ3n) is 3.17. The molecular formula is C17H12F3NS. The number of para-hydroxylation sites is 1. The standard InChI is InChI=1S/C17H12F3NS/c18-17(19,20)13-9-5-10-14-16(13)21-15(22-14)11-4-8-12-6-2-1-3-7-12/h1-10H,11H2/b8-4+. The molecule has 1 heterocycles. The van der Waals surface area contributed by atoms with Gasteiger partial charge in [-0.05, 0) is 17.7 Å². The summed E-state index contributed by atoms with van der Waals surface area (Å²) in [6.45, 7) is 0. The van der Waals surface area contributed by atoms with Crippen LogP contribution >= 0.6 is 11.3 Å². The van der Waals surface area contributed by atoms with Crippen molar-refractivity contribution in [2.45, 2.75) is 12.6 Å². The Morgan fingerprint density at radius 2 is 1.77 bits per heavy atom. The van der Waals surface area contributed by atoms with Crippen molar-refractivity contribution in [2.24, 2.45) is 0 Å². The summed E-state index contributed by atoms with van der Waals surface area (Å²) in [6.07, 6.45) is 0.00726. The molecule has 0 aliphatic rings. The van der Waals surface area contributed by atoms with Crippen LogP contribution in [-0.4, -0.2) is 4.98 Å². The molecule has 1 nitrogen and oxygen atoms in total. The van der Waals surface area contributed by atoms with Crippen LogP contribution in [0.3, 0.4) is 0 Å². The smallest absolute Gasteiger partial charge is 0.240 e. The molecule has 0 fully saturated rings. The van der Waals surface area contributed by atoms with Crippen LogP contribution in [0.25, 0.3) is 16.3 Å². The van der Waals surface area contributed by atoms with E-state index in [9.17, 15) is 13.2 Å². The molecule has 0 amide bonds. The van der Waals surface area contributed by atoms with Crippen molar-refractivity contribution in [2.75, 3.05) is 0 Å². The third-order valence-corrected chi connectivity index (χ3v) is 4.21. The Balaban J connectivity index is 1.85. The summed E-state index contributed by atoms with van der Waals surface area (Å²) in [5, 5.41) is 0.680. The molecule has 0 saturated heterocycles. The molecule has 0 unspecified atom stereocenters. The molecule has 1 aromatic heterocycles. The molecule has 112 valence electrons. The van der Waals surface area contributed by atoms with E-state index in [-0.39, 0.29) is 5.52 Å². The number of hydrogen-bond acceptors (Lipinski definition) is 2. The highest BCUT2D eigenvalue weighted by molar-refractivity contribution is 7.18. The molecule has 0 aliphatic heterocycles. The zero-order valence-corrected chi connectivity index (χ0v) is 12.3. The van der Waals surface area contributed by atoms with Gasteiger partial charge >= 0.3 is 6.18 Å². The number of alkyl halides is 3. The second kappa shape index (κ2) is 5.93. The first-order valence-electron chi connectivity index (χ1n) is 6.71. The van der Waals surface area contributed by atoms with Crippen molar-refractivity contribution in [3.05, 3.63) is 70.7 Å². The Kier molecular flexibility index (Phi) is 3.98. The quantitative estimate of drug-likeness (QED) is 0.615. The maximum atomic E-state index is 13.0. The van der Waals surface area contributed by atoms with Gasteiger partial charge in [-0.1, -0.05) is 48.6 Å². The number of aromatic nitrogens is 1. The highest BCUT2D eigenvalue weighted by Crippen LogP contribution is 2.36. The molecule has 0 N–H and O–H groups in total. The fourth-order valence-electron chi connectivity index (χ4n) is 2.17. The zero-order valence-electron chi connectivity index (χ0n) is 11.5. The van der Waals surface area contributed by atoms with Gasteiger partial charge in [0.05, 0.1) is 20.8 Å². The predicted molar refractivity (Wildman–Crippen MR) is 83.8 cm³/mol. The summed E-state index contributed by atoms with van der Waals surface area (Å²) >= 11 is 1.30. The van der Waals surface area contributed by atoms with Crippen LogP contribution in [0.5, 0.6) is 0 Å². The normalized spacial score (nSPS) is 12.3. The minimum absolute atomic E-state index is 0.0445. The molecule has 3 aromatic rings. The van der Waals surface area contributed by atoms with Crippen LogP contribution in [0.2, 0.25) is 0 Å². The van der Waals surface area contributed by atoms with E-state index >= 15 is 0 Å². The highest BCUT2D eigenvalue weighted by Gasteiger charge is 2.33. The zero-order chi connectivity index (χ0) is 15.6. The molecule has 0 spiro atoms. The van der Waals surface area contributed by atoms with E-state index in [1.54, 1.807) is 6.07 Å². The highest BCUT2D eigenvalue weighted by atomic mass is 32.1. The minimum atomic E-state index is -4.37. The van der Waals surface area contributed by atoms with Crippen LogP contribution in [-0.2, 0) is 12.6 Å². The van der Waals surface area contributed by atoms with Gasteiger partial charge in [0.2, 0.25) is 0 Å². The van der Waals surface area contributed by atoms with E-state index in [4.69, 9.17) is 0 Å². The van der Waals surface area contributed by atoms with E-state index in [2.05, 4.69) is 4.98 Å². The van der Waals surface area contributed by atoms with Crippen molar-refractivity contribution in [3.8, 4) is 0 Å². The fourth-order valence-corrected chi connectivity index (χ4v) is 3.14. The van der Waals surface area contributed by atoms with Crippen LogP contribution in [0, 0.1) is 0 Å². The first-order chi connectivity index (χ1) is 10.5. The predicted octanol–water partition coefficient (Wildman–Crippen LogP) is 5.57. The Bertz CT molecular complexity index is 804. The van der Waals surface area contributed by atoms with Crippen LogP contribution in [0.15, 0.2) is 54.6 Å². The van der Waals surface area contributed by atoms with Crippen molar-refractivity contribution in [3.63, 3.8) is 0 Å². The molecule has 0 aliphatic carbocycles. The number of allylic oxidation sites excluding steroid dienone is 1. The first kappa shape index (κ1) is 14.8. The Hall–Kier alpha value is -2.14. The number of thiazole rings is 1. The van der Waals surface area contributed by atoms with Gasteiger partial charge in [-0.3, -0.25) is 0 Å². The fraction of sp³-hybridized carbons (Fsp3) is 0.118. The third kappa shape index (κ3) is 3.20. The van der Waals surface area contributed by atoms with Crippen LogP contribution < -0.4 is 0 Å². The lowest BCUT2D eigenvalue weighted by Crippen LogP contribution is -2.05. The number of hydrogen-bond donors (Lipinski definition) is 0. The number of fused-ring (bicyclic) bond motifs is 1. The van der Waals surface area contributed by atoms with E-state index in [0.717, 1.165) is 11.6 Å². The topological polar surface area (TPSA) is 12.9 Å². The largest absolute Gasteiger partial charge is 0.418 e. The average Bonchev–Trinajstić information content (AvgIpc) is 2.89.